The van der Waals surface area contributed by atoms with Gasteiger partial charge in [-0.15, -0.1) is 0 Å². The molecule has 6 fully saturated rings. The van der Waals surface area contributed by atoms with Crippen LogP contribution in [0.3, 0.4) is 0 Å². The van der Waals surface area contributed by atoms with E-state index in [9.17, 15) is 5.11 Å². The molecule has 0 bridgehead atoms. The van der Waals surface area contributed by atoms with E-state index in [2.05, 4.69) is 27.7 Å². The van der Waals surface area contributed by atoms with Gasteiger partial charge in [-0.25, -0.2) is 0 Å². The van der Waals surface area contributed by atoms with Crippen molar-refractivity contribution in [1.82, 2.24) is 0 Å². The van der Waals surface area contributed by atoms with Crippen LogP contribution in [0.1, 0.15) is 91.9 Å². The number of hydrogen-bond donors (Lipinski definition) is 1. The van der Waals surface area contributed by atoms with Gasteiger partial charge in [0.15, 0.2) is 5.79 Å². The van der Waals surface area contributed by atoms with Crippen molar-refractivity contribution in [3.8, 4) is 0 Å². The lowest BCUT2D eigenvalue weighted by molar-refractivity contribution is -0.274. The second kappa shape index (κ2) is 6.70. The Morgan fingerprint density at radius 3 is 2.50 bits per heavy atom. The Bertz CT molecular complexity index is 684. The molecular formula is C27H44O3. The quantitative estimate of drug-likeness (QED) is 0.543. The summed E-state index contributed by atoms with van der Waals surface area (Å²) in [6.45, 7) is 10.5. The van der Waals surface area contributed by atoms with Gasteiger partial charge in [-0.05, 0) is 80.0 Å². The predicted molar refractivity (Wildman–Crippen MR) is 118 cm³/mol. The summed E-state index contributed by atoms with van der Waals surface area (Å²) in [5.41, 5.74) is 0.469. The van der Waals surface area contributed by atoms with Crippen molar-refractivity contribution >= 4 is 0 Å². The number of ether oxygens (including phenoxy) is 2. The monoisotopic (exact) mass is 416 g/mol. The molecule has 30 heavy (non-hydrogen) atoms. The molecule has 4 saturated carbocycles. The Hall–Kier alpha value is -0.120. The minimum Gasteiger partial charge on any atom is -0.393 e. The first kappa shape index (κ1) is 20.5. The lowest BCUT2D eigenvalue weighted by atomic mass is 9.44. The van der Waals surface area contributed by atoms with Gasteiger partial charge in [-0.3, -0.25) is 0 Å². The number of rotatable bonds is 0. The van der Waals surface area contributed by atoms with Crippen molar-refractivity contribution in [2.24, 2.45) is 52.3 Å². The Labute approximate surface area is 183 Å². The van der Waals surface area contributed by atoms with Gasteiger partial charge in [0.1, 0.15) is 0 Å². The van der Waals surface area contributed by atoms with E-state index < -0.39 is 0 Å². The molecule has 170 valence electrons. The summed E-state index contributed by atoms with van der Waals surface area (Å²) in [7, 11) is 0. The van der Waals surface area contributed by atoms with Crippen molar-refractivity contribution in [1.29, 1.82) is 0 Å². The van der Waals surface area contributed by atoms with E-state index in [4.69, 9.17) is 9.47 Å². The molecule has 4 aliphatic carbocycles. The minimum absolute atomic E-state index is 0.000956. The third-order valence-corrected chi connectivity index (χ3v) is 12.0. The van der Waals surface area contributed by atoms with Crippen molar-refractivity contribution in [3.63, 3.8) is 0 Å². The number of fused-ring (bicyclic) bond motifs is 7. The number of hydrogen-bond acceptors (Lipinski definition) is 3. The SMILES string of the molecule is C[C@@H]1CC[C@@]2(OC1)O[C@H]1C[C@H]3[C@@H]4CCC5CCCC[C@]5(C)[C@H]4CC(O)[C@]3(C)[C@H]1[C@@H]2C. The maximum atomic E-state index is 11.8. The molecule has 1 spiro atoms. The van der Waals surface area contributed by atoms with E-state index in [1.165, 1.54) is 44.9 Å². The molecule has 2 unspecified atom stereocenters. The molecule has 6 aliphatic rings. The average molecular weight is 417 g/mol. The van der Waals surface area contributed by atoms with E-state index in [1.807, 2.05) is 0 Å². The molecule has 2 saturated heterocycles. The first-order valence-electron chi connectivity index (χ1n) is 13.3. The van der Waals surface area contributed by atoms with Crippen LogP contribution in [0.15, 0.2) is 0 Å². The Kier molecular flexibility index (Phi) is 4.58. The summed E-state index contributed by atoms with van der Waals surface area (Å²) in [6.07, 6.45) is 13.0. The van der Waals surface area contributed by atoms with Crippen LogP contribution in [-0.4, -0.2) is 29.7 Å². The van der Waals surface area contributed by atoms with Crippen molar-refractivity contribution < 1.29 is 14.6 Å². The first-order valence-corrected chi connectivity index (χ1v) is 13.3. The third-order valence-electron chi connectivity index (χ3n) is 12.0. The number of aliphatic hydroxyl groups is 1. The Balaban J connectivity index is 1.31. The molecule has 2 heterocycles. The maximum Gasteiger partial charge on any atom is 0.171 e. The summed E-state index contributed by atoms with van der Waals surface area (Å²) in [4.78, 5) is 0. The van der Waals surface area contributed by atoms with Crippen LogP contribution in [-0.2, 0) is 9.47 Å². The average Bonchev–Trinajstić information content (AvgIpc) is 3.17. The van der Waals surface area contributed by atoms with Gasteiger partial charge in [0, 0.05) is 23.7 Å². The fourth-order valence-corrected chi connectivity index (χ4v) is 10.3. The second-order valence-corrected chi connectivity index (χ2v) is 13.0. The van der Waals surface area contributed by atoms with E-state index in [0.717, 1.165) is 43.6 Å². The van der Waals surface area contributed by atoms with Crippen LogP contribution >= 0.6 is 0 Å². The van der Waals surface area contributed by atoms with Crippen LogP contribution in [0.5, 0.6) is 0 Å². The highest BCUT2D eigenvalue weighted by Gasteiger charge is 2.71. The minimum atomic E-state index is -0.376. The van der Waals surface area contributed by atoms with Crippen LogP contribution in [0.25, 0.3) is 0 Å². The zero-order valence-electron chi connectivity index (χ0n) is 19.7. The summed E-state index contributed by atoms with van der Waals surface area (Å²) in [5.74, 6) is 4.15. The summed E-state index contributed by atoms with van der Waals surface area (Å²) in [6, 6.07) is 0. The van der Waals surface area contributed by atoms with Gasteiger partial charge in [0.2, 0.25) is 0 Å². The van der Waals surface area contributed by atoms with Gasteiger partial charge in [0.05, 0.1) is 18.8 Å². The van der Waals surface area contributed by atoms with Gasteiger partial charge < -0.3 is 14.6 Å². The topological polar surface area (TPSA) is 38.7 Å². The van der Waals surface area contributed by atoms with Crippen LogP contribution < -0.4 is 0 Å². The predicted octanol–water partition coefficient (Wildman–Crippen LogP) is 5.79. The molecule has 6 rings (SSSR count). The Morgan fingerprint density at radius 1 is 0.900 bits per heavy atom. The molecule has 3 nitrogen and oxygen atoms in total. The standard InChI is InChI=1S/C27H44O3/c1-16-10-12-27(29-15-16)17(2)24-22(30-27)13-21-19-9-8-18-7-5-6-11-25(18,3)20(19)14-23(28)26(21,24)4/h16-24,28H,5-15H2,1-4H3/t16-,17+,18?,19-,20+,21+,22+,23?,24+,25+,26-,27-/m1/s1. The highest BCUT2D eigenvalue weighted by molar-refractivity contribution is 5.17. The largest absolute Gasteiger partial charge is 0.393 e. The zero-order valence-corrected chi connectivity index (χ0v) is 19.7. The third kappa shape index (κ3) is 2.49. The first-order chi connectivity index (χ1) is 14.3. The van der Waals surface area contributed by atoms with Gasteiger partial charge >= 0.3 is 0 Å². The molecule has 0 aromatic heterocycles. The van der Waals surface area contributed by atoms with Crippen LogP contribution in [0.2, 0.25) is 0 Å². The molecular weight excluding hydrogens is 372 g/mol. The van der Waals surface area contributed by atoms with Crippen LogP contribution in [0, 0.1) is 52.3 Å². The molecule has 2 aliphatic heterocycles. The van der Waals surface area contributed by atoms with Crippen LogP contribution in [0.4, 0.5) is 0 Å². The lowest BCUT2D eigenvalue weighted by Crippen LogP contribution is -2.59. The summed E-state index contributed by atoms with van der Waals surface area (Å²) >= 11 is 0. The fraction of sp³-hybridized carbons (Fsp3) is 1.00. The zero-order chi connectivity index (χ0) is 20.9. The van der Waals surface area contributed by atoms with Gasteiger partial charge in [0.25, 0.3) is 0 Å². The highest BCUT2D eigenvalue weighted by atomic mass is 16.7. The van der Waals surface area contributed by atoms with E-state index in [1.54, 1.807) is 0 Å². The molecule has 0 aromatic rings. The fourth-order valence-electron chi connectivity index (χ4n) is 10.3. The van der Waals surface area contributed by atoms with Crippen molar-refractivity contribution in [2.75, 3.05) is 6.61 Å². The molecule has 0 aromatic carbocycles. The summed E-state index contributed by atoms with van der Waals surface area (Å²) < 4.78 is 13.3. The van der Waals surface area contributed by atoms with E-state index >= 15 is 0 Å². The maximum absolute atomic E-state index is 11.8. The van der Waals surface area contributed by atoms with Gasteiger partial charge in [-0.1, -0.05) is 40.5 Å². The molecule has 0 radical (unpaired) electrons. The van der Waals surface area contributed by atoms with Crippen molar-refractivity contribution in [3.05, 3.63) is 0 Å². The molecule has 12 atom stereocenters. The smallest absolute Gasteiger partial charge is 0.171 e. The normalized spacial score (nSPS) is 62.5. The Morgan fingerprint density at radius 2 is 1.73 bits per heavy atom. The van der Waals surface area contributed by atoms with E-state index in [-0.39, 0.29) is 23.4 Å². The number of aliphatic hydroxyl groups excluding tert-OH is 1. The summed E-state index contributed by atoms with van der Waals surface area (Å²) in [5, 5.41) is 11.8. The lowest BCUT2D eigenvalue weighted by Gasteiger charge is -2.62. The van der Waals surface area contributed by atoms with Crippen molar-refractivity contribution in [2.45, 2.75) is 110 Å². The second-order valence-electron chi connectivity index (χ2n) is 13.0. The van der Waals surface area contributed by atoms with Gasteiger partial charge in [-0.2, -0.15) is 0 Å². The van der Waals surface area contributed by atoms with E-state index in [0.29, 0.717) is 29.1 Å². The molecule has 3 heteroatoms. The highest BCUT2D eigenvalue weighted by Crippen LogP contribution is 2.71. The molecule has 0 amide bonds. The molecule has 1 N–H and O–H groups in total.